The van der Waals surface area contributed by atoms with Gasteiger partial charge >= 0.3 is 0 Å². The van der Waals surface area contributed by atoms with E-state index in [1.165, 1.54) is 11.1 Å². The molecule has 0 spiro atoms. The molecule has 3 nitrogen and oxygen atoms in total. The van der Waals surface area contributed by atoms with Crippen molar-refractivity contribution in [3.8, 4) is 0 Å². The van der Waals surface area contributed by atoms with E-state index in [1.54, 1.807) is 0 Å². The van der Waals surface area contributed by atoms with Crippen molar-refractivity contribution in [3.63, 3.8) is 0 Å². The van der Waals surface area contributed by atoms with E-state index >= 15 is 0 Å². The van der Waals surface area contributed by atoms with Gasteiger partial charge in [0.25, 0.3) is 0 Å². The summed E-state index contributed by atoms with van der Waals surface area (Å²) in [5, 5.41) is 0. The Bertz CT molecular complexity index is 549. The predicted octanol–water partition coefficient (Wildman–Crippen LogP) is 2.56. The molecule has 0 aliphatic carbocycles. The quantitative estimate of drug-likeness (QED) is 0.641. The number of hydrogen-bond acceptors (Lipinski definition) is 3. The maximum absolute atomic E-state index is 5.69. The molecule has 1 aromatic heterocycles. The molecule has 2 rings (SSSR count). The molecule has 1 unspecified atom stereocenters. The second-order valence-corrected chi connectivity index (χ2v) is 4.65. The van der Waals surface area contributed by atoms with E-state index in [0.29, 0.717) is 0 Å². The summed E-state index contributed by atoms with van der Waals surface area (Å²) >= 11 is 0. The van der Waals surface area contributed by atoms with Crippen molar-refractivity contribution in [1.82, 2.24) is 10.4 Å². The maximum Gasteiger partial charge on any atom is 0.0881 e. The average Bonchev–Trinajstić information content (AvgIpc) is 2.35. The van der Waals surface area contributed by atoms with Gasteiger partial charge in [-0.15, -0.1) is 0 Å². The van der Waals surface area contributed by atoms with Gasteiger partial charge < -0.3 is 0 Å². The Morgan fingerprint density at radius 2 is 1.83 bits per heavy atom. The molecule has 0 radical (unpaired) electrons. The van der Waals surface area contributed by atoms with Crippen LogP contribution in [0.15, 0.2) is 36.4 Å². The summed E-state index contributed by atoms with van der Waals surface area (Å²) in [7, 11) is 0. The molecule has 0 saturated carbocycles. The summed E-state index contributed by atoms with van der Waals surface area (Å²) < 4.78 is 0. The lowest BCUT2D eigenvalue weighted by Gasteiger charge is -2.17. The summed E-state index contributed by atoms with van der Waals surface area (Å²) in [6.07, 6.45) is 0. The fraction of sp³-hybridized carbons (Fsp3) is 0.267. The van der Waals surface area contributed by atoms with Crippen molar-refractivity contribution in [2.24, 2.45) is 5.84 Å². The lowest BCUT2D eigenvalue weighted by Crippen LogP contribution is -2.29. The smallest absolute Gasteiger partial charge is 0.0881 e. The molecule has 0 fully saturated rings. The highest BCUT2D eigenvalue weighted by Gasteiger charge is 2.14. The van der Waals surface area contributed by atoms with E-state index in [9.17, 15) is 0 Å². The van der Waals surface area contributed by atoms with Crippen molar-refractivity contribution >= 4 is 0 Å². The fourth-order valence-electron chi connectivity index (χ4n) is 2.02. The lowest BCUT2D eigenvalue weighted by atomic mass is 9.99. The Kier molecular flexibility index (Phi) is 3.75. The predicted molar refractivity (Wildman–Crippen MR) is 74.1 cm³/mol. The van der Waals surface area contributed by atoms with Crippen molar-refractivity contribution in [2.75, 3.05) is 0 Å². The lowest BCUT2D eigenvalue weighted by molar-refractivity contribution is 0.618. The van der Waals surface area contributed by atoms with E-state index < -0.39 is 0 Å². The molecule has 3 N–H and O–H groups in total. The van der Waals surface area contributed by atoms with Crippen LogP contribution in [-0.4, -0.2) is 4.98 Å². The Balaban J connectivity index is 2.42. The number of rotatable bonds is 3. The number of nitrogens with one attached hydrogen (secondary N) is 1. The van der Waals surface area contributed by atoms with Gasteiger partial charge in [0.05, 0.1) is 11.7 Å². The molecule has 0 saturated heterocycles. The van der Waals surface area contributed by atoms with Crippen LogP contribution in [-0.2, 0) is 0 Å². The highest BCUT2D eigenvalue weighted by atomic mass is 15.2. The highest BCUT2D eigenvalue weighted by Crippen LogP contribution is 2.22. The fourth-order valence-corrected chi connectivity index (χ4v) is 2.02. The summed E-state index contributed by atoms with van der Waals surface area (Å²) in [6.45, 7) is 6.20. The summed E-state index contributed by atoms with van der Waals surface area (Å²) in [4.78, 5) is 4.53. The molecule has 2 aromatic rings. The number of hydrazine groups is 1. The van der Waals surface area contributed by atoms with E-state index in [-0.39, 0.29) is 6.04 Å². The van der Waals surface area contributed by atoms with E-state index in [1.807, 2.05) is 25.1 Å². The zero-order chi connectivity index (χ0) is 13.1. The van der Waals surface area contributed by atoms with Gasteiger partial charge in [-0.05, 0) is 49.6 Å². The van der Waals surface area contributed by atoms with Crippen LogP contribution in [0.5, 0.6) is 0 Å². The molecular weight excluding hydrogens is 222 g/mol. The molecule has 0 aliphatic rings. The Morgan fingerprint density at radius 3 is 2.44 bits per heavy atom. The molecule has 0 amide bonds. The van der Waals surface area contributed by atoms with Crippen LogP contribution in [0.3, 0.4) is 0 Å². The molecule has 0 bridgehead atoms. The Labute approximate surface area is 108 Å². The first-order valence-electron chi connectivity index (χ1n) is 6.08. The maximum atomic E-state index is 5.69. The third-order valence-electron chi connectivity index (χ3n) is 3.24. The molecule has 18 heavy (non-hydrogen) atoms. The second-order valence-electron chi connectivity index (χ2n) is 4.65. The van der Waals surface area contributed by atoms with Crippen molar-refractivity contribution in [1.29, 1.82) is 0 Å². The van der Waals surface area contributed by atoms with E-state index in [4.69, 9.17) is 5.84 Å². The summed E-state index contributed by atoms with van der Waals surface area (Å²) in [5.74, 6) is 5.69. The molecule has 94 valence electrons. The van der Waals surface area contributed by atoms with E-state index in [2.05, 4.69) is 42.5 Å². The highest BCUT2D eigenvalue weighted by molar-refractivity contribution is 5.35. The van der Waals surface area contributed by atoms with Crippen LogP contribution in [0.2, 0.25) is 0 Å². The molecule has 1 heterocycles. The van der Waals surface area contributed by atoms with E-state index in [0.717, 1.165) is 17.0 Å². The monoisotopic (exact) mass is 241 g/mol. The van der Waals surface area contributed by atoms with Gasteiger partial charge in [0.15, 0.2) is 0 Å². The van der Waals surface area contributed by atoms with Crippen LogP contribution in [0.4, 0.5) is 0 Å². The number of pyridine rings is 1. The molecule has 0 aliphatic heterocycles. The van der Waals surface area contributed by atoms with Crippen LogP contribution < -0.4 is 11.3 Å². The number of aryl methyl sites for hydroxylation is 3. The van der Waals surface area contributed by atoms with Gasteiger partial charge in [0, 0.05) is 5.69 Å². The Morgan fingerprint density at radius 1 is 1.06 bits per heavy atom. The minimum absolute atomic E-state index is 0.0656. The van der Waals surface area contributed by atoms with Crippen molar-refractivity contribution < 1.29 is 0 Å². The SMILES string of the molecule is Cc1cccc(C(NN)c2ccc(C)c(C)c2)n1. The Hall–Kier alpha value is -1.71. The van der Waals surface area contributed by atoms with Gasteiger partial charge in [-0.3, -0.25) is 10.8 Å². The number of hydrogen-bond donors (Lipinski definition) is 2. The largest absolute Gasteiger partial charge is 0.271 e. The first kappa shape index (κ1) is 12.7. The zero-order valence-electron chi connectivity index (χ0n) is 11.1. The standard InChI is InChI=1S/C15H19N3/c1-10-7-8-13(9-11(10)2)15(18-16)14-6-4-5-12(3)17-14/h4-9,15,18H,16H2,1-3H3. The zero-order valence-corrected chi connectivity index (χ0v) is 11.1. The minimum Gasteiger partial charge on any atom is -0.271 e. The topological polar surface area (TPSA) is 50.9 Å². The normalized spacial score (nSPS) is 12.4. The van der Waals surface area contributed by atoms with Crippen molar-refractivity contribution in [2.45, 2.75) is 26.8 Å². The third kappa shape index (κ3) is 2.58. The molecule has 3 heteroatoms. The second kappa shape index (κ2) is 5.29. The molecular formula is C15H19N3. The number of aromatic nitrogens is 1. The summed E-state index contributed by atoms with van der Waals surface area (Å²) in [6, 6.07) is 12.3. The molecule has 1 atom stereocenters. The summed E-state index contributed by atoms with van der Waals surface area (Å²) in [5.41, 5.74) is 8.47. The van der Waals surface area contributed by atoms with Crippen LogP contribution >= 0.6 is 0 Å². The van der Waals surface area contributed by atoms with Crippen LogP contribution in [0.1, 0.15) is 34.1 Å². The van der Waals surface area contributed by atoms with Crippen molar-refractivity contribution in [3.05, 3.63) is 64.5 Å². The third-order valence-corrected chi connectivity index (χ3v) is 3.24. The molecule has 1 aromatic carbocycles. The first-order chi connectivity index (χ1) is 8.61. The minimum atomic E-state index is -0.0656. The van der Waals surface area contributed by atoms with Crippen LogP contribution in [0.25, 0.3) is 0 Å². The van der Waals surface area contributed by atoms with Gasteiger partial charge in [-0.2, -0.15) is 0 Å². The van der Waals surface area contributed by atoms with Gasteiger partial charge in [0.1, 0.15) is 0 Å². The van der Waals surface area contributed by atoms with Crippen LogP contribution in [0, 0.1) is 20.8 Å². The number of nitrogens with zero attached hydrogens (tertiary/aromatic N) is 1. The number of nitrogens with two attached hydrogens (primary N) is 1. The van der Waals surface area contributed by atoms with Gasteiger partial charge in [0.2, 0.25) is 0 Å². The number of benzene rings is 1. The van der Waals surface area contributed by atoms with Gasteiger partial charge in [-0.1, -0.05) is 24.3 Å². The first-order valence-corrected chi connectivity index (χ1v) is 6.08. The van der Waals surface area contributed by atoms with Gasteiger partial charge in [-0.25, -0.2) is 5.43 Å². The average molecular weight is 241 g/mol.